The topological polar surface area (TPSA) is 38.7 Å². The van der Waals surface area contributed by atoms with E-state index < -0.39 is 0 Å². The molecule has 0 aliphatic rings. The molecule has 0 unspecified atom stereocenters. The lowest BCUT2D eigenvalue weighted by atomic mass is 10.0. The van der Waals surface area contributed by atoms with E-state index >= 15 is 0 Å². The van der Waals surface area contributed by atoms with Gasteiger partial charge >= 0.3 is 0 Å². The third kappa shape index (κ3) is 4.92. The normalized spacial score (nSPS) is 10.7. The van der Waals surface area contributed by atoms with E-state index in [9.17, 15) is 5.11 Å². The van der Waals surface area contributed by atoms with Gasteiger partial charge in [-0.3, -0.25) is 0 Å². The molecule has 0 bridgehead atoms. The molecule has 24 heavy (non-hydrogen) atoms. The summed E-state index contributed by atoms with van der Waals surface area (Å²) in [5.41, 5.74) is 4.18. The van der Waals surface area contributed by atoms with Gasteiger partial charge in [-0.25, -0.2) is 0 Å². The molecular weight excluding hydrogens is 300 g/mol. The Kier molecular flexibility index (Phi) is 6.07. The van der Waals surface area contributed by atoms with Gasteiger partial charge in [-0.05, 0) is 61.2 Å². The predicted octanol–water partition coefficient (Wildman–Crippen LogP) is 5.09. The van der Waals surface area contributed by atoms with Crippen LogP contribution in [-0.2, 0) is 6.42 Å². The Hall–Kier alpha value is -2.68. The quantitative estimate of drug-likeness (QED) is 0.594. The Balaban J connectivity index is 2.26. The van der Waals surface area contributed by atoms with E-state index in [-0.39, 0.29) is 0 Å². The van der Waals surface area contributed by atoms with E-state index in [4.69, 9.17) is 9.47 Å². The van der Waals surface area contributed by atoms with Crippen molar-refractivity contribution in [3.8, 4) is 17.2 Å². The van der Waals surface area contributed by atoms with E-state index in [1.54, 1.807) is 20.3 Å². The van der Waals surface area contributed by atoms with Gasteiger partial charge in [0.05, 0.1) is 14.2 Å². The highest BCUT2D eigenvalue weighted by molar-refractivity contribution is 5.71. The Labute approximate surface area is 143 Å². The molecule has 0 heterocycles. The summed E-state index contributed by atoms with van der Waals surface area (Å²) in [5.74, 6) is 1.83. The fraction of sp³-hybridized carbons (Fsp3) is 0.238. The standard InChI is InChI=1S/C21H24O3/c1-15(2)5-9-18-11-16(8-10-21(18)22)6-7-17-12-19(23-3)14-20(13-17)24-4/h5-8,10-14,22H,9H2,1-4H3/b7-6-. The van der Waals surface area contributed by atoms with Gasteiger partial charge in [0.15, 0.2) is 0 Å². The van der Waals surface area contributed by atoms with Crippen LogP contribution < -0.4 is 9.47 Å². The number of allylic oxidation sites excluding steroid dienone is 2. The van der Waals surface area contributed by atoms with E-state index in [1.165, 1.54) is 5.57 Å². The fourth-order valence-corrected chi connectivity index (χ4v) is 2.30. The number of aromatic hydroxyl groups is 1. The van der Waals surface area contributed by atoms with E-state index in [1.807, 2.05) is 42.5 Å². The lowest BCUT2D eigenvalue weighted by Gasteiger charge is -2.06. The zero-order chi connectivity index (χ0) is 17.5. The maximum atomic E-state index is 9.98. The van der Waals surface area contributed by atoms with Crippen LogP contribution in [0.2, 0.25) is 0 Å². The van der Waals surface area contributed by atoms with Crippen molar-refractivity contribution in [3.05, 3.63) is 64.7 Å². The number of methoxy groups -OCH3 is 2. The predicted molar refractivity (Wildman–Crippen MR) is 99.7 cm³/mol. The van der Waals surface area contributed by atoms with Crippen molar-refractivity contribution in [3.63, 3.8) is 0 Å². The lowest BCUT2D eigenvalue weighted by molar-refractivity contribution is 0.394. The van der Waals surface area contributed by atoms with Crippen LogP contribution in [0.4, 0.5) is 0 Å². The summed E-state index contributed by atoms with van der Waals surface area (Å²) in [4.78, 5) is 0. The number of hydrogen-bond donors (Lipinski definition) is 1. The van der Waals surface area contributed by atoms with Crippen molar-refractivity contribution >= 4 is 12.2 Å². The van der Waals surface area contributed by atoms with Crippen LogP contribution in [0.25, 0.3) is 12.2 Å². The number of phenolic OH excluding ortho intramolecular Hbond substituents is 1. The molecule has 0 radical (unpaired) electrons. The summed E-state index contributed by atoms with van der Waals surface area (Å²) in [7, 11) is 3.27. The van der Waals surface area contributed by atoms with Crippen molar-refractivity contribution in [2.24, 2.45) is 0 Å². The molecule has 0 spiro atoms. The van der Waals surface area contributed by atoms with Crippen molar-refractivity contribution in [2.75, 3.05) is 14.2 Å². The minimum atomic E-state index is 0.327. The summed E-state index contributed by atoms with van der Waals surface area (Å²) in [6, 6.07) is 11.4. The van der Waals surface area contributed by atoms with Gasteiger partial charge in [0.25, 0.3) is 0 Å². The van der Waals surface area contributed by atoms with E-state index in [0.29, 0.717) is 5.75 Å². The first-order chi connectivity index (χ1) is 11.5. The van der Waals surface area contributed by atoms with Crippen LogP contribution in [-0.4, -0.2) is 19.3 Å². The fourth-order valence-electron chi connectivity index (χ4n) is 2.30. The first kappa shape index (κ1) is 17.7. The van der Waals surface area contributed by atoms with Crippen LogP contribution in [0.3, 0.4) is 0 Å². The van der Waals surface area contributed by atoms with Crippen LogP contribution in [0.1, 0.15) is 30.5 Å². The van der Waals surface area contributed by atoms with Gasteiger partial charge in [0.1, 0.15) is 17.2 Å². The number of hydrogen-bond acceptors (Lipinski definition) is 3. The molecule has 2 aromatic carbocycles. The maximum absolute atomic E-state index is 9.98. The Morgan fingerprint density at radius 3 is 2.12 bits per heavy atom. The molecule has 2 rings (SSSR count). The summed E-state index contributed by atoms with van der Waals surface area (Å²) in [5, 5.41) is 9.98. The molecule has 0 aliphatic carbocycles. The zero-order valence-corrected chi connectivity index (χ0v) is 14.7. The SMILES string of the molecule is COc1cc(/C=C\c2ccc(O)c(CC=C(C)C)c2)cc(OC)c1. The molecule has 0 amide bonds. The smallest absolute Gasteiger partial charge is 0.123 e. The molecule has 0 aliphatic heterocycles. The first-order valence-electron chi connectivity index (χ1n) is 7.88. The van der Waals surface area contributed by atoms with Crippen LogP contribution in [0, 0.1) is 0 Å². The summed E-state index contributed by atoms with van der Waals surface area (Å²) in [6.45, 7) is 4.11. The monoisotopic (exact) mass is 324 g/mol. The molecule has 1 N–H and O–H groups in total. The number of ether oxygens (including phenoxy) is 2. The third-order valence-corrected chi connectivity index (χ3v) is 3.68. The van der Waals surface area contributed by atoms with Crippen LogP contribution in [0.15, 0.2) is 48.0 Å². The minimum absolute atomic E-state index is 0.327. The minimum Gasteiger partial charge on any atom is -0.508 e. The average Bonchev–Trinajstić information content (AvgIpc) is 2.59. The molecule has 126 valence electrons. The van der Waals surface area contributed by atoms with Gasteiger partial charge in [-0.15, -0.1) is 0 Å². The van der Waals surface area contributed by atoms with Gasteiger partial charge < -0.3 is 14.6 Å². The Morgan fingerprint density at radius 1 is 0.917 bits per heavy atom. The Bertz CT molecular complexity index is 731. The second-order valence-electron chi connectivity index (χ2n) is 5.85. The van der Waals surface area contributed by atoms with E-state index in [2.05, 4.69) is 19.9 Å². The maximum Gasteiger partial charge on any atom is 0.123 e. The molecule has 0 atom stereocenters. The van der Waals surface area contributed by atoms with Crippen molar-refractivity contribution in [2.45, 2.75) is 20.3 Å². The molecular formula is C21H24O3. The van der Waals surface area contributed by atoms with E-state index in [0.717, 1.165) is 34.6 Å². The largest absolute Gasteiger partial charge is 0.508 e. The Morgan fingerprint density at radius 2 is 1.54 bits per heavy atom. The summed E-state index contributed by atoms with van der Waals surface area (Å²) >= 11 is 0. The molecule has 3 heteroatoms. The van der Waals surface area contributed by atoms with Gasteiger partial charge in [0.2, 0.25) is 0 Å². The lowest BCUT2D eigenvalue weighted by Crippen LogP contribution is -1.88. The van der Waals surface area contributed by atoms with Gasteiger partial charge in [-0.1, -0.05) is 29.9 Å². The first-order valence-corrected chi connectivity index (χ1v) is 7.88. The van der Waals surface area contributed by atoms with Crippen molar-refractivity contribution in [1.82, 2.24) is 0 Å². The number of rotatable bonds is 6. The van der Waals surface area contributed by atoms with Crippen molar-refractivity contribution < 1.29 is 14.6 Å². The molecule has 0 aromatic heterocycles. The van der Waals surface area contributed by atoms with Gasteiger partial charge in [-0.2, -0.15) is 0 Å². The highest BCUT2D eigenvalue weighted by atomic mass is 16.5. The number of benzene rings is 2. The molecule has 2 aromatic rings. The summed E-state index contributed by atoms with van der Waals surface area (Å²) < 4.78 is 10.6. The van der Waals surface area contributed by atoms with Crippen LogP contribution in [0.5, 0.6) is 17.2 Å². The zero-order valence-electron chi connectivity index (χ0n) is 14.7. The second-order valence-corrected chi connectivity index (χ2v) is 5.85. The highest BCUT2D eigenvalue weighted by Gasteiger charge is 2.02. The summed E-state index contributed by atoms with van der Waals surface area (Å²) in [6.07, 6.45) is 6.85. The molecule has 0 saturated heterocycles. The number of phenols is 1. The highest BCUT2D eigenvalue weighted by Crippen LogP contribution is 2.25. The average molecular weight is 324 g/mol. The van der Waals surface area contributed by atoms with Gasteiger partial charge in [0, 0.05) is 6.07 Å². The van der Waals surface area contributed by atoms with Crippen molar-refractivity contribution in [1.29, 1.82) is 0 Å². The molecule has 0 saturated carbocycles. The third-order valence-electron chi connectivity index (χ3n) is 3.68. The molecule has 3 nitrogen and oxygen atoms in total. The second kappa shape index (κ2) is 8.25. The van der Waals surface area contributed by atoms with Crippen LogP contribution >= 0.6 is 0 Å². The molecule has 0 fully saturated rings.